The Hall–Kier alpha value is -2.29. The van der Waals surface area contributed by atoms with Gasteiger partial charge in [0.15, 0.2) is 5.76 Å². The number of carbonyl (C=O) groups is 1. The van der Waals surface area contributed by atoms with Crippen LogP contribution in [0.4, 0.5) is 0 Å². The molecule has 25 heavy (non-hydrogen) atoms. The average Bonchev–Trinajstić information content (AvgIpc) is 2.66. The molecule has 0 spiro atoms. The summed E-state index contributed by atoms with van der Waals surface area (Å²) in [6.07, 6.45) is 8.09. The fourth-order valence-electron chi connectivity index (χ4n) is 3.07. The summed E-state index contributed by atoms with van der Waals surface area (Å²) in [6, 6.07) is 7.71. The lowest BCUT2D eigenvalue weighted by Gasteiger charge is -2.37. The van der Waals surface area contributed by atoms with Crippen LogP contribution in [0.1, 0.15) is 36.8 Å². The van der Waals surface area contributed by atoms with Crippen molar-refractivity contribution in [2.75, 3.05) is 20.3 Å². The minimum absolute atomic E-state index is 0.00260. The Bertz CT molecular complexity index is 645. The molecule has 0 aliphatic carbocycles. The molecule has 1 aromatic carbocycles. The van der Waals surface area contributed by atoms with E-state index in [2.05, 4.69) is 11.2 Å². The Morgan fingerprint density at radius 3 is 2.68 bits per heavy atom. The molecule has 0 unspecified atom stereocenters. The molecule has 0 fully saturated rings. The highest BCUT2D eigenvalue weighted by atomic mass is 16.7. The van der Waals surface area contributed by atoms with E-state index in [9.17, 15) is 9.90 Å². The van der Waals surface area contributed by atoms with Crippen molar-refractivity contribution in [2.24, 2.45) is 5.92 Å². The Balaban J connectivity index is 2.41. The summed E-state index contributed by atoms with van der Waals surface area (Å²) in [7, 11) is 1.57. The summed E-state index contributed by atoms with van der Waals surface area (Å²) in [5.74, 6) is 2.52. The van der Waals surface area contributed by atoms with Gasteiger partial charge in [-0.1, -0.05) is 18.1 Å². The second-order valence-electron chi connectivity index (χ2n) is 5.87. The van der Waals surface area contributed by atoms with Crippen LogP contribution in [-0.4, -0.2) is 37.6 Å². The number of likely N-dealkylation sites (N-methyl/N-ethyl adjacent to an activating group) is 1. The summed E-state index contributed by atoms with van der Waals surface area (Å²) in [6.45, 7) is 2.47. The zero-order valence-corrected chi connectivity index (χ0v) is 14.7. The molecule has 1 aliphatic rings. The maximum absolute atomic E-state index is 12.1. The number of amides is 1. The first-order chi connectivity index (χ1) is 12.1. The van der Waals surface area contributed by atoms with E-state index in [1.54, 1.807) is 7.05 Å². The fraction of sp³-hybridized carbons (Fsp3) is 0.450. The van der Waals surface area contributed by atoms with E-state index < -0.39 is 6.29 Å². The standard InChI is InChI=1S/C20H25NO4/c1-4-14-8-10-15(11-9-14)17-13-18(19(23)21-3)25-20(24-5-2)16(17)7-6-12-22/h1,8-11,13,16-17,20,22H,5-7,12H2,2-3H3,(H,21,23)/t16-,17+,20+/m0/s1. The SMILES string of the molecule is C#Cc1ccc([C@H]2C=C(C(=O)NC)O[C@@H](OCC)[C@H]2CCCO)cc1. The summed E-state index contributed by atoms with van der Waals surface area (Å²) in [5.41, 5.74) is 1.84. The smallest absolute Gasteiger partial charge is 0.285 e. The molecule has 0 saturated heterocycles. The topological polar surface area (TPSA) is 67.8 Å². The quantitative estimate of drug-likeness (QED) is 0.745. The summed E-state index contributed by atoms with van der Waals surface area (Å²) in [5, 5.41) is 11.8. The van der Waals surface area contributed by atoms with E-state index in [0.717, 1.165) is 17.5 Å². The van der Waals surface area contributed by atoms with Crippen LogP contribution in [0.3, 0.4) is 0 Å². The van der Waals surface area contributed by atoms with Gasteiger partial charge in [0, 0.05) is 37.7 Å². The molecule has 5 nitrogen and oxygen atoms in total. The zero-order valence-electron chi connectivity index (χ0n) is 14.7. The van der Waals surface area contributed by atoms with E-state index in [1.807, 2.05) is 37.3 Å². The van der Waals surface area contributed by atoms with Crippen molar-refractivity contribution in [3.05, 3.63) is 47.2 Å². The third-order valence-corrected chi connectivity index (χ3v) is 4.32. The van der Waals surface area contributed by atoms with E-state index in [1.165, 1.54) is 0 Å². The number of benzene rings is 1. The minimum Gasteiger partial charge on any atom is -0.459 e. The van der Waals surface area contributed by atoms with Crippen LogP contribution in [0.15, 0.2) is 36.1 Å². The number of hydrogen-bond acceptors (Lipinski definition) is 4. The van der Waals surface area contributed by atoms with Crippen LogP contribution < -0.4 is 5.32 Å². The first-order valence-corrected chi connectivity index (χ1v) is 8.54. The van der Waals surface area contributed by atoms with Gasteiger partial charge in [0.2, 0.25) is 6.29 Å². The predicted molar refractivity (Wildman–Crippen MR) is 95.6 cm³/mol. The maximum Gasteiger partial charge on any atom is 0.285 e. The first kappa shape index (κ1) is 19.0. The normalized spacial score (nSPS) is 22.5. The molecule has 3 atom stereocenters. The highest BCUT2D eigenvalue weighted by molar-refractivity contribution is 5.91. The fourth-order valence-corrected chi connectivity index (χ4v) is 3.07. The minimum atomic E-state index is -0.536. The van der Waals surface area contributed by atoms with Crippen molar-refractivity contribution < 1.29 is 19.4 Å². The Labute approximate surface area is 149 Å². The molecular weight excluding hydrogens is 318 g/mol. The highest BCUT2D eigenvalue weighted by Crippen LogP contribution is 2.39. The lowest BCUT2D eigenvalue weighted by molar-refractivity contribution is -0.166. The van der Waals surface area contributed by atoms with E-state index >= 15 is 0 Å². The predicted octanol–water partition coefficient (Wildman–Crippen LogP) is 2.16. The van der Waals surface area contributed by atoms with Crippen molar-refractivity contribution >= 4 is 5.91 Å². The van der Waals surface area contributed by atoms with Gasteiger partial charge >= 0.3 is 0 Å². The van der Waals surface area contributed by atoms with Crippen molar-refractivity contribution in [3.8, 4) is 12.3 Å². The molecule has 0 aromatic heterocycles. The van der Waals surface area contributed by atoms with Gasteiger partial charge in [0.05, 0.1) is 0 Å². The van der Waals surface area contributed by atoms with Crippen molar-refractivity contribution in [1.29, 1.82) is 0 Å². The molecule has 134 valence electrons. The molecule has 2 N–H and O–H groups in total. The highest BCUT2D eigenvalue weighted by Gasteiger charge is 2.37. The number of nitrogens with one attached hydrogen (secondary N) is 1. The summed E-state index contributed by atoms with van der Waals surface area (Å²) < 4.78 is 11.6. The summed E-state index contributed by atoms with van der Waals surface area (Å²) in [4.78, 5) is 12.1. The largest absolute Gasteiger partial charge is 0.459 e. The van der Waals surface area contributed by atoms with Gasteiger partial charge in [-0.25, -0.2) is 0 Å². The van der Waals surface area contributed by atoms with Gasteiger partial charge in [0.25, 0.3) is 5.91 Å². The second-order valence-corrected chi connectivity index (χ2v) is 5.87. The Morgan fingerprint density at radius 2 is 2.12 bits per heavy atom. The summed E-state index contributed by atoms with van der Waals surface area (Å²) >= 11 is 0. The number of allylic oxidation sites excluding steroid dienone is 1. The number of ether oxygens (including phenoxy) is 2. The molecule has 0 radical (unpaired) electrons. The number of terminal acetylenes is 1. The van der Waals surface area contributed by atoms with Crippen molar-refractivity contribution in [2.45, 2.75) is 32.0 Å². The molecule has 2 rings (SSSR count). The first-order valence-electron chi connectivity index (χ1n) is 8.54. The lowest BCUT2D eigenvalue weighted by atomic mass is 9.80. The molecule has 1 amide bonds. The zero-order chi connectivity index (χ0) is 18.2. The van der Waals surface area contributed by atoms with Gasteiger partial charge in [-0.05, 0) is 43.5 Å². The van der Waals surface area contributed by atoms with Crippen LogP contribution in [-0.2, 0) is 14.3 Å². The molecule has 0 saturated carbocycles. The number of aliphatic hydroxyl groups excluding tert-OH is 1. The van der Waals surface area contributed by atoms with E-state index in [-0.39, 0.29) is 30.1 Å². The van der Waals surface area contributed by atoms with E-state index in [0.29, 0.717) is 13.0 Å². The monoisotopic (exact) mass is 343 g/mol. The van der Waals surface area contributed by atoms with Gasteiger partial charge < -0.3 is 19.9 Å². The third-order valence-electron chi connectivity index (χ3n) is 4.32. The number of hydrogen-bond donors (Lipinski definition) is 2. The van der Waals surface area contributed by atoms with Crippen LogP contribution in [0, 0.1) is 18.3 Å². The average molecular weight is 343 g/mol. The van der Waals surface area contributed by atoms with Crippen molar-refractivity contribution in [3.63, 3.8) is 0 Å². The van der Waals surface area contributed by atoms with Gasteiger partial charge in [-0.3, -0.25) is 4.79 Å². The number of carbonyl (C=O) groups excluding carboxylic acids is 1. The van der Waals surface area contributed by atoms with Gasteiger partial charge in [-0.15, -0.1) is 6.42 Å². The molecule has 1 heterocycles. The van der Waals surface area contributed by atoms with E-state index in [4.69, 9.17) is 15.9 Å². The molecular formula is C20H25NO4. The third kappa shape index (κ3) is 4.62. The van der Waals surface area contributed by atoms with Gasteiger partial charge in [0.1, 0.15) is 0 Å². The van der Waals surface area contributed by atoms with Crippen LogP contribution in [0.25, 0.3) is 0 Å². The Kier molecular flexibility index (Phi) is 7.05. The number of rotatable bonds is 7. The molecule has 5 heteroatoms. The number of aliphatic hydroxyl groups is 1. The van der Waals surface area contributed by atoms with Crippen LogP contribution in [0.5, 0.6) is 0 Å². The van der Waals surface area contributed by atoms with Gasteiger partial charge in [-0.2, -0.15) is 0 Å². The Morgan fingerprint density at radius 1 is 1.40 bits per heavy atom. The van der Waals surface area contributed by atoms with Crippen LogP contribution in [0.2, 0.25) is 0 Å². The molecule has 1 aromatic rings. The second kappa shape index (κ2) is 9.26. The lowest BCUT2D eigenvalue weighted by Crippen LogP contribution is -2.38. The molecule has 1 aliphatic heterocycles. The maximum atomic E-state index is 12.1. The van der Waals surface area contributed by atoms with Crippen molar-refractivity contribution in [1.82, 2.24) is 5.32 Å². The van der Waals surface area contributed by atoms with Crippen LogP contribution >= 0.6 is 0 Å². The molecule has 0 bridgehead atoms.